The van der Waals surface area contributed by atoms with E-state index < -0.39 is 5.54 Å². The predicted molar refractivity (Wildman–Crippen MR) is 84.3 cm³/mol. The first-order chi connectivity index (χ1) is 8.89. The first-order valence-corrected chi connectivity index (χ1v) is 7.10. The van der Waals surface area contributed by atoms with Gasteiger partial charge in [0, 0.05) is 6.54 Å². The molecule has 0 bridgehead atoms. The van der Waals surface area contributed by atoms with Gasteiger partial charge in [-0.15, -0.1) is 23.7 Å². The number of halogens is 1. The summed E-state index contributed by atoms with van der Waals surface area (Å²) in [7, 11) is 0. The third kappa shape index (κ3) is 5.11. The molecule has 0 aliphatic rings. The Morgan fingerprint density at radius 3 is 2.55 bits per heavy atom. The number of carbonyl (C=O) groups excluding carboxylic acids is 2. The Bertz CT molecular complexity index is 437. The van der Waals surface area contributed by atoms with Gasteiger partial charge in [-0.05, 0) is 24.3 Å². The number of nitrogens with two attached hydrogens (primary N) is 1. The van der Waals surface area contributed by atoms with Crippen LogP contribution in [0.5, 0.6) is 0 Å². The van der Waals surface area contributed by atoms with Crippen molar-refractivity contribution in [3.05, 3.63) is 22.4 Å². The molecule has 4 N–H and O–H groups in total. The molecule has 1 rings (SSSR count). The Labute approximate surface area is 129 Å². The minimum atomic E-state index is -0.454. The monoisotopic (exact) mass is 319 g/mol. The van der Waals surface area contributed by atoms with Gasteiger partial charge in [0.15, 0.2) is 0 Å². The minimum Gasteiger partial charge on any atom is -0.348 e. The molecule has 1 unspecified atom stereocenters. The maximum absolute atomic E-state index is 11.8. The number of thiophene rings is 1. The zero-order valence-electron chi connectivity index (χ0n) is 11.9. The van der Waals surface area contributed by atoms with Crippen LogP contribution in [-0.2, 0) is 4.79 Å². The van der Waals surface area contributed by atoms with Crippen LogP contribution in [0, 0.1) is 5.92 Å². The Balaban J connectivity index is 0.00000361. The van der Waals surface area contributed by atoms with E-state index in [1.54, 1.807) is 12.1 Å². The molecule has 0 aliphatic heterocycles. The maximum atomic E-state index is 11.8. The highest BCUT2D eigenvalue weighted by Gasteiger charge is 2.28. The fourth-order valence-corrected chi connectivity index (χ4v) is 2.09. The Morgan fingerprint density at radius 2 is 2.10 bits per heavy atom. The number of hydrogen-bond donors (Lipinski definition) is 3. The van der Waals surface area contributed by atoms with Crippen LogP contribution in [0.2, 0.25) is 0 Å². The van der Waals surface area contributed by atoms with Crippen LogP contribution in [0.3, 0.4) is 0 Å². The molecule has 114 valence electrons. The number of hydrogen-bond acceptors (Lipinski definition) is 4. The van der Waals surface area contributed by atoms with Crippen molar-refractivity contribution < 1.29 is 9.59 Å². The largest absolute Gasteiger partial charge is 0.348 e. The van der Waals surface area contributed by atoms with Crippen molar-refractivity contribution in [1.82, 2.24) is 10.6 Å². The molecule has 0 aliphatic carbocycles. The molecular weight excluding hydrogens is 298 g/mol. The van der Waals surface area contributed by atoms with Crippen molar-refractivity contribution >= 4 is 35.6 Å². The lowest BCUT2D eigenvalue weighted by Gasteiger charge is -2.33. The Kier molecular flexibility index (Phi) is 7.78. The van der Waals surface area contributed by atoms with Crippen molar-refractivity contribution in [2.24, 2.45) is 11.7 Å². The van der Waals surface area contributed by atoms with E-state index in [2.05, 4.69) is 10.6 Å². The molecule has 0 spiro atoms. The summed E-state index contributed by atoms with van der Waals surface area (Å²) >= 11 is 1.34. The number of amides is 2. The second-order valence-corrected chi connectivity index (χ2v) is 5.93. The van der Waals surface area contributed by atoms with Gasteiger partial charge in [-0.2, -0.15) is 0 Å². The van der Waals surface area contributed by atoms with Gasteiger partial charge in [0.25, 0.3) is 5.91 Å². The quantitative estimate of drug-likeness (QED) is 0.741. The molecule has 5 nitrogen and oxygen atoms in total. The lowest BCUT2D eigenvalue weighted by atomic mass is 9.88. The molecule has 1 aromatic rings. The van der Waals surface area contributed by atoms with Crippen LogP contribution in [0.4, 0.5) is 0 Å². The number of rotatable bonds is 6. The van der Waals surface area contributed by atoms with Crippen molar-refractivity contribution in [3.63, 3.8) is 0 Å². The topological polar surface area (TPSA) is 84.2 Å². The van der Waals surface area contributed by atoms with Crippen molar-refractivity contribution in [3.8, 4) is 0 Å². The first-order valence-electron chi connectivity index (χ1n) is 6.22. The highest BCUT2D eigenvalue weighted by molar-refractivity contribution is 7.12. The SMILES string of the molecule is CC(C)C(C)(CN)NC(=O)CNC(=O)c1cccs1.Cl. The van der Waals surface area contributed by atoms with Gasteiger partial charge in [-0.3, -0.25) is 9.59 Å². The minimum absolute atomic E-state index is 0. The second-order valence-electron chi connectivity index (χ2n) is 4.98. The van der Waals surface area contributed by atoms with Gasteiger partial charge in [-0.25, -0.2) is 0 Å². The van der Waals surface area contributed by atoms with E-state index in [9.17, 15) is 9.59 Å². The van der Waals surface area contributed by atoms with Crippen LogP contribution in [-0.4, -0.2) is 30.4 Å². The molecule has 0 saturated carbocycles. The molecule has 0 saturated heterocycles. The van der Waals surface area contributed by atoms with Gasteiger partial charge in [0.05, 0.1) is 17.0 Å². The summed E-state index contributed by atoms with van der Waals surface area (Å²) in [6, 6.07) is 3.51. The van der Waals surface area contributed by atoms with E-state index in [1.807, 2.05) is 26.2 Å². The molecule has 1 atom stereocenters. The molecule has 2 amide bonds. The van der Waals surface area contributed by atoms with Crippen LogP contribution >= 0.6 is 23.7 Å². The van der Waals surface area contributed by atoms with Gasteiger partial charge < -0.3 is 16.4 Å². The average molecular weight is 320 g/mol. The summed E-state index contributed by atoms with van der Waals surface area (Å²) in [5.41, 5.74) is 5.24. The van der Waals surface area contributed by atoms with E-state index in [0.29, 0.717) is 11.4 Å². The second kappa shape index (κ2) is 8.24. The zero-order valence-corrected chi connectivity index (χ0v) is 13.6. The summed E-state index contributed by atoms with van der Waals surface area (Å²) < 4.78 is 0. The van der Waals surface area contributed by atoms with Crippen molar-refractivity contribution in [2.75, 3.05) is 13.1 Å². The normalized spacial score (nSPS) is 13.2. The van der Waals surface area contributed by atoms with E-state index >= 15 is 0 Å². The smallest absolute Gasteiger partial charge is 0.261 e. The lowest BCUT2D eigenvalue weighted by molar-refractivity contribution is -0.122. The first kappa shape index (κ1) is 18.9. The fraction of sp³-hybridized carbons (Fsp3) is 0.538. The summed E-state index contributed by atoms with van der Waals surface area (Å²) in [4.78, 5) is 24.1. The standard InChI is InChI=1S/C13H21N3O2S.ClH/c1-9(2)13(3,8-14)16-11(17)7-15-12(18)10-5-4-6-19-10;/h4-6,9H,7-8,14H2,1-3H3,(H,15,18)(H,16,17);1H. The summed E-state index contributed by atoms with van der Waals surface area (Å²) in [5, 5.41) is 7.28. The van der Waals surface area contributed by atoms with E-state index in [-0.39, 0.29) is 36.7 Å². The third-order valence-corrected chi connectivity index (χ3v) is 4.15. The molecular formula is C13H22ClN3O2S. The van der Waals surface area contributed by atoms with E-state index in [4.69, 9.17) is 5.73 Å². The maximum Gasteiger partial charge on any atom is 0.261 e. The molecule has 0 radical (unpaired) electrons. The summed E-state index contributed by atoms with van der Waals surface area (Å²) in [6.07, 6.45) is 0. The van der Waals surface area contributed by atoms with Gasteiger partial charge in [-0.1, -0.05) is 19.9 Å². The van der Waals surface area contributed by atoms with E-state index in [0.717, 1.165) is 0 Å². The highest BCUT2D eigenvalue weighted by Crippen LogP contribution is 2.14. The van der Waals surface area contributed by atoms with Crippen LogP contribution in [0.15, 0.2) is 17.5 Å². The van der Waals surface area contributed by atoms with Gasteiger partial charge in [0.1, 0.15) is 0 Å². The van der Waals surface area contributed by atoms with Crippen molar-refractivity contribution in [2.45, 2.75) is 26.3 Å². The fourth-order valence-electron chi connectivity index (χ4n) is 1.45. The van der Waals surface area contributed by atoms with Gasteiger partial charge >= 0.3 is 0 Å². The predicted octanol–water partition coefficient (Wildman–Crippen LogP) is 1.39. The molecule has 1 aromatic heterocycles. The zero-order chi connectivity index (χ0) is 14.5. The van der Waals surface area contributed by atoms with Crippen LogP contribution in [0.25, 0.3) is 0 Å². The summed E-state index contributed by atoms with van der Waals surface area (Å²) in [6.45, 7) is 6.21. The van der Waals surface area contributed by atoms with Crippen molar-refractivity contribution in [1.29, 1.82) is 0 Å². The molecule has 0 aromatic carbocycles. The molecule has 1 heterocycles. The number of carbonyl (C=O) groups is 2. The highest BCUT2D eigenvalue weighted by atomic mass is 35.5. The van der Waals surface area contributed by atoms with Crippen LogP contribution in [0.1, 0.15) is 30.4 Å². The number of nitrogens with one attached hydrogen (secondary N) is 2. The summed E-state index contributed by atoms with van der Waals surface area (Å²) in [5.74, 6) is -0.245. The molecule has 20 heavy (non-hydrogen) atoms. The van der Waals surface area contributed by atoms with Crippen LogP contribution < -0.4 is 16.4 Å². The Hall–Kier alpha value is -1.11. The molecule has 7 heteroatoms. The third-order valence-electron chi connectivity index (χ3n) is 3.28. The lowest BCUT2D eigenvalue weighted by Crippen LogP contribution is -2.56. The molecule has 0 fully saturated rings. The van der Waals surface area contributed by atoms with Gasteiger partial charge in [0.2, 0.25) is 5.91 Å². The Morgan fingerprint density at radius 1 is 1.45 bits per heavy atom. The van der Waals surface area contributed by atoms with E-state index in [1.165, 1.54) is 11.3 Å². The average Bonchev–Trinajstić information content (AvgIpc) is 2.89.